The topological polar surface area (TPSA) is 103 Å². The second-order valence-corrected chi connectivity index (χ2v) is 7.40. The molecule has 0 radical (unpaired) electrons. The van der Waals surface area contributed by atoms with Crippen molar-refractivity contribution in [1.29, 1.82) is 0 Å². The smallest absolute Gasteiger partial charge is 0.408 e. The Morgan fingerprint density at radius 3 is 1.38 bits per heavy atom. The maximum Gasteiger partial charge on any atom is 0.408 e. The van der Waals surface area contributed by atoms with Gasteiger partial charge in [0, 0.05) is 0 Å². The van der Waals surface area contributed by atoms with Crippen molar-refractivity contribution in [2.45, 2.75) is 25.3 Å². The van der Waals surface area contributed by atoms with Crippen molar-refractivity contribution in [3.63, 3.8) is 0 Å². The van der Waals surface area contributed by atoms with E-state index in [0.29, 0.717) is 11.5 Å². The molecule has 2 N–H and O–H groups in total. The van der Waals surface area contributed by atoms with Gasteiger partial charge in [-0.05, 0) is 35.4 Å². The SMILES string of the molecule is O=C(N[C@H](c1ccco1)[C@H](NC(=O)OCc1ccccc1)c1ccco1)OCc1ccccc1. The van der Waals surface area contributed by atoms with Gasteiger partial charge in [-0.15, -0.1) is 0 Å². The van der Waals surface area contributed by atoms with E-state index in [1.807, 2.05) is 60.7 Å². The summed E-state index contributed by atoms with van der Waals surface area (Å²) < 4.78 is 21.8. The lowest BCUT2D eigenvalue weighted by Gasteiger charge is -2.25. The summed E-state index contributed by atoms with van der Waals surface area (Å²) in [4.78, 5) is 25.3. The summed E-state index contributed by atoms with van der Waals surface area (Å²) >= 11 is 0. The average molecular weight is 460 g/mol. The Labute approximate surface area is 196 Å². The molecule has 4 rings (SSSR count). The summed E-state index contributed by atoms with van der Waals surface area (Å²) in [5, 5.41) is 5.54. The molecule has 0 saturated heterocycles. The predicted molar refractivity (Wildman–Crippen MR) is 122 cm³/mol. The molecule has 0 aliphatic carbocycles. The number of hydrogen-bond acceptors (Lipinski definition) is 6. The summed E-state index contributed by atoms with van der Waals surface area (Å²) in [6.45, 7) is 0.186. The first kappa shape index (κ1) is 22.7. The van der Waals surface area contributed by atoms with Gasteiger partial charge in [0.1, 0.15) is 36.8 Å². The van der Waals surface area contributed by atoms with Crippen molar-refractivity contribution >= 4 is 12.2 Å². The van der Waals surface area contributed by atoms with E-state index in [-0.39, 0.29) is 13.2 Å². The van der Waals surface area contributed by atoms with E-state index in [9.17, 15) is 9.59 Å². The number of nitrogens with one attached hydrogen (secondary N) is 2. The monoisotopic (exact) mass is 460 g/mol. The largest absolute Gasteiger partial charge is 0.467 e. The Bertz CT molecular complexity index is 1050. The van der Waals surface area contributed by atoms with Crippen molar-refractivity contribution in [1.82, 2.24) is 10.6 Å². The minimum Gasteiger partial charge on any atom is -0.467 e. The molecule has 8 nitrogen and oxygen atoms in total. The second-order valence-electron chi connectivity index (χ2n) is 7.40. The van der Waals surface area contributed by atoms with Crippen LogP contribution >= 0.6 is 0 Å². The number of rotatable bonds is 9. The van der Waals surface area contributed by atoms with Crippen LogP contribution in [-0.2, 0) is 22.7 Å². The van der Waals surface area contributed by atoms with Gasteiger partial charge in [-0.1, -0.05) is 60.7 Å². The average Bonchev–Trinajstić information content (AvgIpc) is 3.60. The van der Waals surface area contributed by atoms with Crippen LogP contribution in [0.4, 0.5) is 9.59 Å². The van der Waals surface area contributed by atoms with Crippen LogP contribution in [0.3, 0.4) is 0 Å². The van der Waals surface area contributed by atoms with Gasteiger partial charge in [0.15, 0.2) is 0 Å². The first-order chi connectivity index (χ1) is 16.7. The first-order valence-corrected chi connectivity index (χ1v) is 10.7. The Morgan fingerprint density at radius 2 is 1.03 bits per heavy atom. The van der Waals surface area contributed by atoms with E-state index in [1.165, 1.54) is 12.5 Å². The zero-order valence-electron chi connectivity index (χ0n) is 18.3. The summed E-state index contributed by atoms with van der Waals surface area (Å²) in [7, 11) is 0. The Hall–Kier alpha value is -4.46. The minimum atomic E-state index is -0.825. The van der Waals surface area contributed by atoms with Gasteiger partial charge in [0.05, 0.1) is 12.5 Å². The molecular formula is C26H24N2O6. The number of ether oxygens (including phenoxy) is 2. The number of furan rings is 2. The Kier molecular flexibility index (Phi) is 7.63. The number of carbonyl (C=O) groups is 2. The number of alkyl carbamates (subject to hydrolysis) is 2. The van der Waals surface area contributed by atoms with Crippen LogP contribution in [0.5, 0.6) is 0 Å². The van der Waals surface area contributed by atoms with Crippen LogP contribution < -0.4 is 10.6 Å². The summed E-state index contributed by atoms with van der Waals surface area (Å²) in [5.74, 6) is 0.808. The Morgan fingerprint density at radius 1 is 0.618 bits per heavy atom. The highest BCUT2D eigenvalue weighted by Crippen LogP contribution is 2.30. The summed E-state index contributed by atoms with van der Waals surface area (Å²) in [5.41, 5.74) is 1.69. The summed E-state index contributed by atoms with van der Waals surface area (Å²) in [6, 6.07) is 23.7. The van der Waals surface area contributed by atoms with Gasteiger partial charge in [-0.2, -0.15) is 0 Å². The van der Waals surface area contributed by atoms with Gasteiger partial charge in [-0.25, -0.2) is 9.59 Å². The molecule has 0 fully saturated rings. The quantitative estimate of drug-likeness (QED) is 0.342. The fraction of sp³-hybridized carbons (Fsp3) is 0.154. The number of amides is 2. The fourth-order valence-corrected chi connectivity index (χ4v) is 3.36. The van der Waals surface area contributed by atoms with Crippen LogP contribution in [0.15, 0.2) is 106 Å². The molecule has 0 aliphatic rings. The van der Waals surface area contributed by atoms with E-state index < -0.39 is 24.3 Å². The van der Waals surface area contributed by atoms with Crippen molar-refractivity contribution in [3.8, 4) is 0 Å². The van der Waals surface area contributed by atoms with E-state index in [4.69, 9.17) is 18.3 Å². The van der Waals surface area contributed by atoms with Gasteiger partial charge >= 0.3 is 12.2 Å². The van der Waals surface area contributed by atoms with Crippen LogP contribution in [0.2, 0.25) is 0 Å². The fourth-order valence-electron chi connectivity index (χ4n) is 3.36. The number of hydrogen-bond donors (Lipinski definition) is 2. The third kappa shape index (κ3) is 6.29. The maximum absolute atomic E-state index is 12.6. The lowest BCUT2D eigenvalue weighted by molar-refractivity contribution is 0.119. The molecule has 174 valence electrons. The van der Waals surface area contributed by atoms with Gasteiger partial charge in [-0.3, -0.25) is 0 Å². The lowest BCUT2D eigenvalue weighted by Crippen LogP contribution is -2.40. The molecule has 0 bridgehead atoms. The van der Waals surface area contributed by atoms with E-state index >= 15 is 0 Å². The third-order valence-corrected chi connectivity index (χ3v) is 5.00. The highest BCUT2D eigenvalue weighted by molar-refractivity contribution is 5.70. The molecule has 0 aliphatic heterocycles. The molecule has 0 saturated carbocycles. The van der Waals surface area contributed by atoms with E-state index in [2.05, 4.69) is 10.6 Å². The molecule has 0 unspecified atom stereocenters. The molecule has 4 aromatic rings. The standard InChI is InChI=1S/C26H24N2O6/c29-25(33-17-19-9-3-1-4-10-19)27-23(21-13-7-15-31-21)24(22-14-8-16-32-22)28-26(30)34-18-20-11-5-2-6-12-20/h1-16,23-24H,17-18H2,(H,27,29)(H,28,30)/t23-,24-/m1/s1. The highest BCUT2D eigenvalue weighted by Gasteiger charge is 2.33. The summed E-state index contributed by atoms with van der Waals surface area (Å²) in [6.07, 6.45) is 1.60. The zero-order chi connectivity index (χ0) is 23.6. The normalized spacial score (nSPS) is 12.4. The predicted octanol–water partition coefficient (Wildman–Crippen LogP) is 5.51. The van der Waals surface area contributed by atoms with Crippen molar-refractivity contribution in [3.05, 3.63) is 120 Å². The van der Waals surface area contributed by atoms with E-state index in [1.54, 1.807) is 24.3 Å². The van der Waals surface area contributed by atoms with Crippen LogP contribution in [0.25, 0.3) is 0 Å². The van der Waals surface area contributed by atoms with Crippen molar-refractivity contribution in [2.75, 3.05) is 0 Å². The van der Waals surface area contributed by atoms with Crippen LogP contribution in [0, 0.1) is 0 Å². The molecule has 0 spiro atoms. The zero-order valence-corrected chi connectivity index (χ0v) is 18.3. The first-order valence-electron chi connectivity index (χ1n) is 10.7. The molecule has 2 heterocycles. The molecule has 2 aromatic carbocycles. The van der Waals surface area contributed by atoms with Gasteiger partial charge in [0.25, 0.3) is 0 Å². The molecular weight excluding hydrogens is 436 g/mol. The molecule has 2 amide bonds. The van der Waals surface area contributed by atoms with Crippen LogP contribution in [-0.4, -0.2) is 12.2 Å². The second kappa shape index (κ2) is 11.4. The van der Waals surface area contributed by atoms with E-state index in [0.717, 1.165) is 11.1 Å². The molecule has 8 heteroatoms. The number of benzene rings is 2. The minimum absolute atomic E-state index is 0.0928. The van der Waals surface area contributed by atoms with Crippen molar-refractivity contribution in [2.24, 2.45) is 0 Å². The highest BCUT2D eigenvalue weighted by atomic mass is 16.6. The number of carbonyl (C=O) groups excluding carboxylic acids is 2. The van der Waals surface area contributed by atoms with Crippen molar-refractivity contribution < 1.29 is 27.9 Å². The molecule has 2 aromatic heterocycles. The maximum atomic E-state index is 12.6. The van der Waals surface area contributed by atoms with Gasteiger partial charge < -0.3 is 28.9 Å². The lowest BCUT2D eigenvalue weighted by atomic mass is 10.0. The van der Waals surface area contributed by atoms with Crippen LogP contribution in [0.1, 0.15) is 34.7 Å². The molecule has 34 heavy (non-hydrogen) atoms. The Balaban J connectivity index is 1.47. The third-order valence-electron chi connectivity index (χ3n) is 5.00. The van der Waals surface area contributed by atoms with Gasteiger partial charge in [0.2, 0.25) is 0 Å². The molecule has 2 atom stereocenters.